The molecule has 0 saturated heterocycles. The molecule has 2 N–H and O–H groups in total. The van der Waals surface area contributed by atoms with E-state index in [2.05, 4.69) is 5.32 Å². The van der Waals surface area contributed by atoms with Crippen molar-refractivity contribution in [1.82, 2.24) is 5.32 Å². The van der Waals surface area contributed by atoms with Gasteiger partial charge in [0.1, 0.15) is 23.2 Å². The molecule has 1 aliphatic carbocycles. The molecule has 3 rings (SSSR count). The first-order chi connectivity index (χ1) is 10.7. The lowest BCUT2D eigenvalue weighted by molar-refractivity contribution is 0.246. The van der Waals surface area contributed by atoms with Gasteiger partial charge in [-0.15, -0.1) is 0 Å². The van der Waals surface area contributed by atoms with Gasteiger partial charge in [-0.05, 0) is 30.7 Å². The van der Waals surface area contributed by atoms with Crippen molar-refractivity contribution in [1.29, 1.82) is 0 Å². The molecule has 2 atom stereocenters. The molecular weight excluding hydrogens is 288 g/mol. The van der Waals surface area contributed by atoms with Crippen molar-refractivity contribution < 1.29 is 18.3 Å². The Morgan fingerprint density at radius 3 is 2.59 bits per heavy atom. The lowest BCUT2D eigenvalue weighted by atomic mass is 10.1. The Kier molecular flexibility index (Phi) is 4.36. The van der Waals surface area contributed by atoms with Crippen LogP contribution in [0.2, 0.25) is 0 Å². The van der Waals surface area contributed by atoms with Crippen LogP contribution in [0, 0.1) is 17.6 Å². The number of nitrogens with one attached hydrogen (secondary N) is 1. The molecule has 1 aliphatic rings. The van der Waals surface area contributed by atoms with Gasteiger partial charge in [0.2, 0.25) is 0 Å². The molecule has 0 aliphatic heterocycles. The standard InChI is InChI=1S/C17H17F2NO2/c18-14-2-1-3-15(19)17(14)16-7-6-13(22-16)9-20-12-5-4-11(8-12)10-21/h1-7,11-12,20-21H,8-10H2/t11-,12+/m0/s1. The van der Waals surface area contributed by atoms with Crippen molar-refractivity contribution in [3.05, 3.63) is 59.9 Å². The first kappa shape index (κ1) is 14.9. The normalized spacial score (nSPS) is 20.7. The van der Waals surface area contributed by atoms with Crippen LogP contribution < -0.4 is 5.32 Å². The fourth-order valence-corrected chi connectivity index (χ4v) is 2.63. The molecule has 0 unspecified atom stereocenters. The molecule has 1 heterocycles. The van der Waals surface area contributed by atoms with E-state index in [1.165, 1.54) is 18.2 Å². The molecule has 22 heavy (non-hydrogen) atoms. The molecule has 0 fully saturated rings. The van der Waals surface area contributed by atoms with Gasteiger partial charge in [0.25, 0.3) is 0 Å². The van der Waals surface area contributed by atoms with Crippen molar-refractivity contribution in [3.8, 4) is 11.3 Å². The van der Waals surface area contributed by atoms with Crippen LogP contribution in [-0.2, 0) is 6.54 Å². The highest BCUT2D eigenvalue weighted by Crippen LogP contribution is 2.28. The van der Waals surface area contributed by atoms with E-state index >= 15 is 0 Å². The van der Waals surface area contributed by atoms with Crippen molar-refractivity contribution in [2.45, 2.75) is 19.0 Å². The van der Waals surface area contributed by atoms with Crippen LogP contribution in [0.3, 0.4) is 0 Å². The second-order valence-electron chi connectivity index (χ2n) is 5.41. The molecule has 0 amide bonds. The maximum absolute atomic E-state index is 13.7. The van der Waals surface area contributed by atoms with Gasteiger partial charge in [-0.2, -0.15) is 0 Å². The summed E-state index contributed by atoms with van der Waals surface area (Å²) in [5, 5.41) is 12.4. The second-order valence-corrected chi connectivity index (χ2v) is 5.41. The summed E-state index contributed by atoms with van der Waals surface area (Å²) >= 11 is 0. The highest BCUT2D eigenvalue weighted by molar-refractivity contribution is 5.59. The van der Waals surface area contributed by atoms with Gasteiger partial charge in [-0.25, -0.2) is 8.78 Å². The van der Waals surface area contributed by atoms with Gasteiger partial charge < -0.3 is 14.8 Å². The van der Waals surface area contributed by atoms with Crippen LogP contribution >= 0.6 is 0 Å². The summed E-state index contributed by atoms with van der Waals surface area (Å²) in [4.78, 5) is 0. The Morgan fingerprint density at radius 1 is 1.14 bits per heavy atom. The van der Waals surface area contributed by atoms with Crippen LogP contribution in [-0.4, -0.2) is 17.8 Å². The van der Waals surface area contributed by atoms with Gasteiger partial charge in [-0.3, -0.25) is 0 Å². The number of hydrogen-bond donors (Lipinski definition) is 2. The summed E-state index contributed by atoms with van der Waals surface area (Å²) in [6.07, 6.45) is 4.84. The van der Waals surface area contributed by atoms with E-state index in [1.807, 2.05) is 12.2 Å². The fraction of sp³-hybridized carbons (Fsp3) is 0.294. The Balaban J connectivity index is 1.66. The average Bonchev–Trinajstić information content (AvgIpc) is 3.14. The Bertz CT molecular complexity index is 661. The topological polar surface area (TPSA) is 45.4 Å². The van der Waals surface area contributed by atoms with E-state index in [0.29, 0.717) is 12.3 Å². The number of hydrogen-bond acceptors (Lipinski definition) is 3. The van der Waals surface area contributed by atoms with Crippen molar-refractivity contribution in [2.75, 3.05) is 6.61 Å². The summed E-state index contributed by atoms with van der Waals surface area (Å²) in [7, 11) is 0. The van der Waals surface area contributed by atoms with Crippen molar-refractivity contribution >= 4 is 0 Å². The second kappa shape index (κ2) is 6.42. The van der Waals surface area contributed by atoms with Gasteiger partial charge in [0.05, 0.1) is 12.1 Å². The monoisotopic (exact) mass is 305 g/mol. The minimum Gasteiger partial charge on any atom is -0.460 e. The highest BCUT2D eigenvalue weighted by atomic mass is 19.1. The van der Waals surface area contributed by atoms with Crippen LogP contribution in [0.4, 0.5) is 8.78 Å². The number of benzene rings is 1. The maximum atomic E-state index is 13.7. The van der Waals surface area contributed by atoms with E-state index in [-0.39, 0.29) is 29.9 Å². The smallest absolute Gasteiger partial charge is 0.140 e. The average molecular weight is 305 g/mol. The lowest BCUT2D eigenvalue weighted by Gasteiger charge is -2.11. The number of furan rings is 1. The first-order valence-electron chi connectivity index (χ1n) is 7.23. The third-order valence-electron chi connectivity index (χ3n) is 3.82. The lowest BCUT2D eigenvalue weighted by Crippen LogP contribution is -2.25. The molecule has 2 aromatic rings. The van der Waals surface area contributed by atoms with Gasteiger partial charge in [0.15, 0.2) is 0 Å². The zero-order valence-electron chi connectivity index (χ0n) is 11.9. The maximum Gasteiger partial charge on any atom is 0.140 e. The van der Waals surface area contributed by atoms with Crippen LogP contribution in [0.25, 0.3) is 11.3 Å². The number of aliphatic hydroxyl groups excluding tert-OH is 1. The van der Waals surface area contributed by atoms with E-state index < -0.39 is 11.6 Å². The molecule has 0 saturated carbocycles. The number of rotatable bonds is 5. The summed E-state index contributed by atoms with van der Waals surface area (Å²) in [6, 6.07) is 7.18. The molecular formula is C17H17F2NO2. The summed E-state index contributed by atoms with van der Waals surface area (Å²) < 4.78 is 32.9. The Hall–Kier alpha value is -1.98. The SMILES string of the molecule is OC[C@H]1C=C[C@@H](NCc2ccc(-c3c(F)cccc3F)o2)C1. The van der Waals surface area contributed by atoms with Crippen LogP contribution in [0.5, 0.6) is 0 Å². The largest absolute Gasteiger partial charge is 0.460 e. The molecule has 1 aromatic carbocycles. The summed E-state index contributed by atoms with van der Waals surface area (Å²) in [5.41, 5.74) is -0.144. The van der Waals surface area contributed by atoms with E-state index in [4.69, 9.17) is 9.52 Å². The molecule has 116 valence electrons. The number of halogens is 2. The summed E-state index contributed by atoms with van der Waals surface area (Å²) in [6.45, 7) is 0.607. The zero-order valence-corrected chi connectivity index (χ0v) is 11.9. The molecule has 0 bridgehead atoms. The molecule has 0 spiro atoms. The van der Waals surface area contributed by atoms with E-state index in [1.54, 1.807) is 12.1 Å². The summed E-state index contributed by atoms with van der Waals surface area (Å²) in [5.74, 6) is -0.296. The van der Waals surface area contributed by atoms with Crippen LogP contribution in [0.1, 0.15) is 12.2 Å². The van der Waals surface area contributed by atoms with Crippen LogP contribution in [0.15, 0.2) is 46.9 Å². The molecule has 1 aromatic heterocycles. The predicted octanol–water partition coefficient (Wildman–Crippen LogP) is 3.25. The van der Waals surface area contributed by atoms with E-state index in [0.717, 1.165) is 6.42 Å². The third-order valence-corrected chi connectivity index (χ3v) is 3.82. The Morgan fingerprint density at radius 2 is 1.91 bits per heavy atom. The minimum atomic E-state index is -0.640. The van der Waals surface area contributed by atoms with Crippen molar-refractivity contribution in [2.24, 2.45) is 5.92 Å². The number of aliphatic hydroxyl groups is 1. The fourth-order valence-electron chi connectivity index (χ4n) is 2.63. The first-order valence-corrected chi connectivity index (χ1v) is 7.23. The van der Waals surface area contributed by atoms with Crippen molar-refractivity contribution in [3.63, 3.8) is 0 Å². The minimum absolute atomic E-state index is 0.144. The van der Waals surface area contributed by atoms with Gasteiger partial charge >= 0.3 is 0 Å². The predicted molar refractivity (Wildman–Crippen MR) is 79.0 cm³/mol. The highest BCUT2D eigenvalue weighted by Gasteiger charge is 2.18. The molecule has 3 nitrogen and oxygen atoms in total. The zero-order chi connectivity index (χ0) is 15.5. The van der Waals surface area contributed by atoms with E-state index in [9.17, 15) is 8.78 Å². The molecule has 0 radical (unpaired) electrons. The quantitative estimate of drug-likeness (QED) is 0.834. The van der Waals surface area contributed by atoms with Gasteiger partial charge in [-0.1, -0.05) is 18.2 Å². The van der Waals surface area contributed by atoms with Gasteiger partial charge in [0, 0.05) is 18.6 Å². The third kappa shape index (κ3) is 3.10. The molecule has 5 heteroatoms. The Labute approximate surface area is 127 Å².